The highest BCUT2D eigenvalue weighted by Gasteiger charge is 2.44. The van der Waals surface area contributed by atoms with Gasteiger partial charge in [0.25, 0.3) is 0 Å². The lowest BCUT2D eigenvalue weighted by Gasteiger charge is -2.19. The maximum Gasteiger partial charge on any atom is 0.0573 e. The minimum Gasteiger partial charge on any atom is -0.393 e. The van der Waals surface area contributed by atoms with Crippen LogP contribution in [0.5, 0.6) is 0 Å². The van der Waals surface area contributed by atoms with E-state index in [1.165, 1.54) is 0 Å². The number of fused-ring (bicyclic) bond motifs is 2. The molecule has 0 aromatic heterocycles. The average Bonchev–Trinajstić information content (AvgIpc) is 2.24. The summed E-state index contributed by atoms with van der Waals surface area (Å²) in [5, 5.41) is 18.5. The van der Waals surface area contributed by atoms with Gasteiger partial charge in [-0.25, -0.2) is 0 Å². The van der Waals surface area contributed by atoms with Crippen molar-refractivity contribution in [1.82, 2.24) is 0 Å². The molecule has 2 aliphatic carbocycles. The van der Waals surface area contributed by atoms with E-state index in [4.69, 9.17) is 0 Å². The second-order valence-corrected chi connectivity index (χ2v) is 3.36. The number of hydrogen-bond donors (Lipinski definition) is 2. The van der Waals surface area contributed by atoms with Crippen LogP contribution in [0.4, 0.5) is 0 Å². The van der Waals surface area contributed by atoms with Gasteiger partial charge in [0.05, 0.1) is 12.2 Å². The van der Waals surface area contributed by atoms with Gasteiger partial charge in [0.1, 0.15) is 0 Å². The lowest BCUT2D eigenvalue weighted by atomic mass is 9.95. The molecular formula is C7H12O2. The molecular weight excluding hydrogens is 116 g/mol. The van der Waals surface area contributed by atoms with Crippen LogP contribution in [0.1, 0.15) is 19.3 Å². The Morgan fingerprint density at radius 3 is 1.44 bits per heavy atom. The molecule has 0 aromatic rings. The molecule has 0 amide bonds. The minimum atomic E-state index is -0.0987. The van der Waals surface area contributed by atoms with Gasteiger partial charge in [0, 0.05) is 0 Å². The molecule has 1 unspecified atom stereocenters. The van der Waals surface area contributed by atoms with Gasteiger partial charge in [-0.3, -0.25) is 0 Å². The third kappa shape index (κ3) is 0.700. The van der Waals surface area contributed by atoms with Crippen LogP contribution in [-0.4, -0.2) is 22.4 Å². The molecule has 0 radical (unpaired) electrons. The largest absolute Gasteiger partial charge is 0.393 e. The Morgan fingerprint density at radius 1 is 0.778 bits per heavy atom. The smallest absolute Gasteiger partial charge is 0.0573 e. The molecule has 0 saturated heterocycles. The van der Waals surface area contributed by atoms with Crippen LogP contribution in [0.2, 0.25) is 0 Å². The molecule has 2 fully saturated rings. The van der Waals surface area contributed by atoms with Gasteiger partial charge in [-0.15, -0.1) is 0 Å². The normalized spacial score (nSPS) is 56.7. The van der Waals surface area contributed by atoms with Crippen molar-refractivity contribution in [1.29, 1.82) is 0 Å². The van der Waals surface area contributed by atoms with Crippen molar-refractivity contribution < 1.29 is 10.2 Å². The van der Waals surface area contributed by atoms with E-state index in [1.807, 2.05) is 0 Å². The zero-order valence-electron chi connectivity index (χ0n) is 5.33. The topological polar surface area (TPSA) is 40.5 Å². The van der Waals surface area contributed by atoms with Crippen molar-refractivity contribution in [2.24, 2.45) is 11.8 Å². The molecule has 52 valence electrons. The third-order valence-electron chi connectivity index (χ3n) is 2.78. The molecule has 2 bridgehead atoms. The molecule has 2 rings (SSSR count). The Morgan fingerprint density at radius 2 is 1.22 bits per heavy atom. The number of aliphatic hydroxyl groups excluding tert-OH is 2. The van der Waals surface area contributed by atoms with E-state index in [1.54, 1.807) is 0 Å². The van der Waals surface area contributed by atoms with E-state index < -0.39 is 0 Å². The summed E-state index contributed by atoms with van der Waals surface area (Å²) in [6, 6.07) is 0. The van der Waals surface area contributed by atoms with Crippen LogP contribution in [0.15, 0.2) is 0 Å². The first-order valence-corrected chi connectivity index (χ1v) is 3.63. The SMILES string of the molecule is O[C@H]1C[C@H]2CC1C[C@@H]2O. The summed E-state index contributed by atoms with van der Waals surface area (Å²) in [4.78, 5) is 0. The van der Waals surface area contributed by atoms with Crippen LogP contribution in [0.3, 0.4) is 0 Å². The van der Waals surface area contributed by atoms with Crippen molar-refractivity contribution in [2.45, 2.75) is 31.5 Å². The van der Waals surface area contributed by atoms with Crippen molar-refractivity contribution in [3.05, 3.63) is 0 Å². The van der Waals surface area contributed by atoms with E-state index in [0.29, 0.717) is 11.8 Å². The molecule has 9 heavy (non-hydrogen) atoms. The van der Waals surface area contributed by atoms with Crippen LogP contribution < -0.4 is 0 Å². The van der Waals surface area contributed by atoms with Crippen LogP contribution in [0.25, 0.3) is 0 Å². The van der Waals surface area contributed by atoms with Gasteiger partial charge in [-0.05, 0) is 31.1 Å². The lowest BCUT2D eigenvalue weighted by molar-refractivity contribution is 0.0447. The van der Waals surface area contributed by atoms with E-state index in [-0.39, 0.29) is 12.2 Å². The standard InChI is InChI=1S/C7H12O2/c8-6-2-4-1-5(6)3-7(4)9/h4-9H,1-3H2/t4-,5?,6+,7+/m1/s1. The molecule has 0 spiro atoms. The third-order valence-corrected chi connectivity index (χ3v) is 2.78. The fourth-order valence-corrected chi connectivity index (χ4v) is 2.21. The predicted molar refractivity (Wildman–Crippen MR) is 32.8 cm³/mol. The van der Waals surface area contributed by atoms with Gasteiger partial charge >= 0.3 is 0 Å². The van der Waals surface area contributed by atoms with Crippen molar-refractivity contribution in [3.8, 4) is 0 Å². The number of aliphatic hydroxyl groups is 2. The van der Waals surface area contributed by atoms with Gasteiger partial charge in [0.15, 0.2) is 0 Å². The summed E-state index contributed by atoms with van der Waals surface area (Å²) in [5.41, 5.74) is 0. The molecule has 4 atom stereocenters. The Bertz CT molecular complexity index is 106. The molecule has 0 aliphatic heterocycles. The second-order valence-electron chi connectivity index (χ2n) is 3.36. The summed E-state index contributed by atoms with van der Waals surface area (Å²) in [6.45, 7) is 0. The quantitative estimate of drug-likeness (QED) is 0.487. The summed E-state index contributed by atoms with van der Waals surface area (Å²) >= 11 is 0. The summed E-state index contributed by atoms with van der Waals surface area (Å²) in [7, 11) is 0. The second kappa shape index (κ2) is 1.70. The molecule has 2 N–H and O–H groups in total. The highest BCUT2D eigenvalue weighted by atomic mass is 16.3. The highest BCUT2D eigenvalue weighted by Crippen LogP contribution is 2.44. The Hall–Kier alpha value is -0.0800. The zero-order chi connectivity index (χ0) is 6.43. The molecule has 2 aliphatic rings. The number of hydrogen-bond acceptors (Lipinski definition) is 2. The van der Waals surface area contributed by atoms with Gasteiger partial charge in [0.2, 0.25) is 0 Å². The fraction of sp³-hybridized carbons (Fsp3) is 1.00. The summed E-state index contributed by atoms with van der Waals surface area (Å²) in [5.74, 6) is 0.843. The van der Waals surface area contributed by atoms with Gasteiger partial charge in [-0.1, -0.05) is 0 Å². The lowest BCUT2D eigenvalue weighted by Crippen LogP contribution is -2.24. The predicted octanol–water partition coefficient (Wildman–Crippen LogP) is 0.138. The van der Waals surface area contributed by atoms with E-state index in [0.717, 1.165) is 19.3 Å². The van der Waals surface area contributed by atoms with Crippen LogP contribution >= 0.6 is 0 Å². The molecule has 0 aromatic carbocycles. The first-order chi connectivity index (χ1) is 4.27. The van der Waals surface area contributed by atoms with E-state index >= 15 is 0 Å². The first kappa shape index (κ1) is 5.69. The van der Waals surface area contributed by atoms with E-state index in [9.17, 15) is 10.2 Å². The van der Waals surface area contributed by atoms with Crippen LogP contribution in [0, 0.1) is 11.8 Å². The number of rotatable bonds is 0. The van der Waals surface area contributed by atoms with Crippen LogP contribution in [-0.2, 0) is 0 Å². The Balaban J connectivity index is 2.10. The highest BCUT2D eigenvalue weighted by molar-refractivity contribution is 4.95. The fourth-order valence-electron chi connectivity index (χ4n) is 2.21. The Labute approximate surface area is 54.5 Å². The van der Waals surface area contributed by atoms with E-state index in [2.05, 4.69) is 0 Å². The molecule has 0 heterocycles. The van der Waals surface area contributed by atoms with Gasteiger partial charge in [-0.2, -0.15) is 0 Å². The van der Waals surface area contributed by atoms with Crippen molar-refractivity contribution in [2.75, 3.05) is 0 Å². The monoisotopic (exact) mass is 128 g/mol. The maximum absolute atomic E-state index is 9.23. The molecule has 2 saturated carbocycles. The summed E-state index contributed by atoms with van der Waals surface area (Å²) in [6.07, 6.45) is 2.54. The molecule has 2 heteroatoms. The minimum absolute atomic E-state index is 0.0987. The van der Waals surface area contributed by atoms with Crippen molar-refractivity contribution in [3.63, 3.8) is 0 Å². The molecule has 2 nitrogen and oxygen atoms in total. The first-order valence-electron chi connectivity index (χ1n) is 3.63. The zero-order valence-corrected chi connectivity index (χ0v) is 5.33. The average molecular weight is 128 g/mol. The van der Waals surface area contributed by atoms with Crippen molar-refractivity contribution >= 4 is 0 Å². The Kier molecular flexibility index (Phi) is 1.08. The maximum atomic E-state index is 9.23. The summed E-state index contributed by atoms with van der Waals surface area (Å²) < 4.78 is 0. The van der Waals surface area contributed by atoms with Gasteiger partial charge < -0.3 is 10.2 Å².